The van der Waals surface area contributed by atoms with Crippen LogP contribution >= 0.6 is 11.6 Å². The van der Waals surface area contributed by atoms with E-state index in [2.05, 4.69) is 5.32 Å². The van der Waals surface area contributed by atoms with Gasteiger partial charge in [0.2, 0.25) is 5.91 Å². The minimum Gasteiger partial charge on any atom is -0.548 e. The van der Waals surface area contributed by atoms with Crippen molar-refractivity contribution in [1.82, 2.24) is 5.32 Å². The molecule has 0 spiro atoms. The Labute approximate surface area is 218 Å². The Bertz CT molecular complexity index is 1580. The summed E-state index contributed by atoms with van der Waals surface area (Å²) in [6.45, 7) is 3.75. The van der Waals surface area contributed by atoms with Gasteiger partial charge < -0.3 is 24.1 Å². The van der Waals surface area contributed by atoms with Crippen LogP contribution < -0.4 is 16.0 Å². The molecule has 2 aromatic heterocycles. The number of aliphatic carboxylic acids is 1. The Balaban J connectivity index is 1.38. The van der Waals surface area contributed by atoms with Gasteiger partial charge in [-0.15, -0.1) is 0 Å². The Morgan fingerprint density at radius 2 is 1.73 bits per heavy atom. The van der Waals surface area contributed by atoms with Gasteiger partial charge in [-0.2, -0.15) is 0 Å². The number of aryl methyl sites for hydroxylation is 4. The topological polar surface area (TPSA) is 113 Å². The summed E-state index contributed by atoms with van der Waals surface area (Å²) in [6, 6.07) is 7.54. The van der Waals surface area contributed by atoms with E-state index in [9.17, 15) is 19.5 Å². The predicted molar refractivity (Wildman–Crippen MR) is 139 cm³/mol. The van der Waals surface area contributed by atoms with Gasteiger partial charge in [-0.25, -0.2) is 4.79 Å². The van der Waals surface area contributed by atoms with Crippen LogP contribution in [0.3, 0.4) is 0 Å². The predicted octanol–water partition coefficient (Wildman–Crippen LogP) is 4.10. The van der Waals surface area contributed by atoms with Crippen LogP contribution in [0.1, 0.15) is 52.8 Å². The Hall–Kier alpha value is -3.58. The van der Waals surface area contributed by atoms with Gasteiger partial charge in [0.25, 0.3) is 0 Å². The normalized spacial score (nSPS) is 14.0. The first-order valence-corrected chi connectivity index (χ1v) is 12.9. The maximum absolute atomic E-state index is 12.9. The van der Waals surface area contributed by atoms with Crippen LogP contribution in [0.5, 0.6) is 0 Å². The number of halogens is 1. The number of nitrogens with one attached hydrogen (secondary N) is 1. The zero-order valence-electron chi connectivity index (χ0n) is 20.7. The molecule has 1 N–H and O–H groups in total. The van der Waals surface area contributed by atoms with Crippen molar-refractivity contribution in [2.24, 2.45) is 0 Å². The van der Waals surface area contributed by atoms with E-state index >= 15 is 0 Å². The first kappa shape index (κ1) is 25.1. The molecule has 192 valence electrons. The van der Waals surface area contributed by atoms with Crippen molar-refractivity contribution in [3.63, 3.8) is 0 Å². The first-order valence-electron chi connectivity index (χ1n) is 12.5. The smallest absolute Gasteiger partial charge is 0.339 e. The summed E-state index contributed by atoms with van der Waals surface area (Å²) in [5, 5.41) is 16.6. The number of benzene rings is 2. The zero-order chi connectivity index (χ0) is 26.3. The van der Waals surface area contributed by atoms with Crippen LogP contribution in [-0.2, 0) is 35.3 Å². The molecule has 2 heterocycles. The fraction of sp³-hybridized carbons (Fsp3) is 0.345. The van der Waals surface area contributed by atoms with E-state index in [0.29, 0.717) is 21.7 Å². The van der Waals surface area contributed by atoms with E-state index in [1.165, 1.54) is 5.56 Å². The number of furan rings is 1. The minimum absolute atomic E-state index is 0.0622. The molecule has 4 aromatic rings. The lowest BCUT2D eigenvalue weighted by atomic mass is 9.93. The average molecular weight is 521 g/mol. The van der Waals surface area contributed by atoms with Crippen molar-refractivity contribution < 1.29 is 23.5 Å². The monoisotopic (exact) mass is 520 g/mol. The van der Waals surface area contributed by atoms with Crippen molar-refractivity contribution >= 4 is 45.4 Å². The van der Waals surface area contributed by atoms with Gasteiger partial charge in [0, 0.05) is 45.3 Å². The minimum atomic E-state index is -1.38. The highest BCUT2D eigenvalue weighted by atomic mass is 35.5. The number of fused-ring (bicyclic) bond motifs is 4. The van der Waals surface area contributed by atoms with Crippen molar-refractivity contribution in [1.29, 1.82) is 0 Å². The third-order valence-corrected chi connectivity index (χ3v) is 7.55. The second-order valence-electron chi connectivity index (χ2n) is 9.73. The summed E-state index contributed by atoms with van der Waals surface area (Å²) in [4.78, 5) is 37.2. The number of carboxylic acids is 1. The lowest BCUT2D eigenvalue weighted by Crippen LogP contribution is -2.49. The highest BCUT2D eigenvalue weighted by Gasteiger charge is 2.23. The van der Waals surface area contributed by atoms with Crippen LogP contribution in [-0.4, -0.2) is 17.9 Å². The maximum atomic E-state index is 12.9. The van der Waals surface area contributed by atoms with E-state index in [0.717, 1.165) is 58.9 Å². The number of carbonyl (C=O) groups is 2. The fourth-order valence-electron chi connectivity index (χ4n) is 5.26. The zero-order valence-corrected chi connectivity index (χ0v) is 21.5. The number of rotatable bonds is 7. The highest BCUT2D eigenvalue weighted by molar-refractivity contribution is 6.30. The largest absolute Gasteiger partial charge is 0.548 e. The molecule has 7 nitrogen and oxygen atoms in total. The average Bonchev–Trinajstić information content (AvgIpc) is 3.25. The summed E-state index contributed by atoms with van der Waals surface area (Å²) in [5.41, 5.74) is 4.64. The molecule has 37 heavy (non-hydrogen) atoms. The van der Waals surface area contributed by atoms with Crippen molar-refractivity contribution in [3.8, 4) is 0 Å². The summed E-state index contributed by atoms with van der Waals surface area (Å²) in [5.74, 6) is -0.858. The van der Waals surface area contributed by atoms with E-state index < -0.39 is 23.5 Å². The molecule has 0 saturated heterocycles. The molecule has 1 aliphatic carbocycles. The molecule has 0 unspecified atom stereocenters. The molecule has 1 aliphatic rings. The van der Waals surface area contributed by atoms with Crippen molar-refractivity contribution in [2.75, 3.05) is 0 Å². The van der Waals surface area contributed by atoms with Gasteiger partial charge in [-0.1, -0.05) is 23.7 Å². The standard InChI is InChI=1S/C29H28ClNO6/c1-15-19(11-12-25(32)31-23(28(33)34)13-17-7-9-18(30)10-8-17)29(35)37-26-16(2)27-22(14-21(15)26)20-5-3-4-6-24(20)36-27/h7-10,14,23H,3-6,11-13H2,1-2H3,(H,31,32)(H,33,34)/p-1/t23-/m0/s1. The van der Waals surface area contributed by atoms with Crippen LogP contribution in [0.4, 0.5) is 0 Å². The number of hydrogen-bond acceptors (Lipinski definition) is 6. The van der Waals surface area contributed by atoms with Gasteiger partial charge in [0.15, 0.2) is 0 Å². The summed E-state index contributed by atoms with van der Waals surface area (Å²) in [7, 11) is 0. The molecule has 0 fully saturated rings. The number of hydrogen-bond donors (Lipinski definition) is 1. The maximum Gasteiger partial charge on any atom is 0.339 e. The third kappa shape index (κ3) is 4.88. The third-order valence-electron chi connectivity index (χ3n) is 7.30. The van der Waals surface area contributed by atoms with E-state index in [1.54, 1.807) is 24.3 Å². The van der Waals surface area contributed by atoms with E-state index in [4.69, 9.17) is 20.4 Å². The molecule has 8 heteroatoms. The molecule has 0 bridgehead atoms. The fourth-order valence-corrected chi connectivity index (χ4v) is 5.39. The quantitative estimate of drug-likeness (QED) is 0.367. The van der Waals surface area contributed by atoms with Gasteiger partial charge in [-0.05, 0) is 75.3 Å². The Morgan fingerprint density at radius 1 is 1.03 bits per heavy atom. The van der Waals surface area contributed by atoms with Gasteiger partial charge in [-0.3, -0.25) is 4.79 Å². The number of carbonyl (C=O) groups excluding carboxylic acids is 2. The molecule has 1 amide bonds. The molecular weight excluding hydrogens is 494 g/mol. The molecular formula is C29H27ClNO6-. The van der Waals surface area contributed by atoms with Crippen LogP contribution in [0.15, 0.2) is 44.0 Å². The Kier molecular flexibility index (Phi) is 6.82. The summed E-state index contributed by atoms with van der Waals surface area (Å²) >= 11 is 5.88. The Morgan fingerprint density at radius 3 is 2.46 bits per heavy atom. The van der Waals surface area contributed by atoms with Crippen molar-refractivity contribution in [3.05, 3.63) is 79.4 Å². The lowest BCUT2D eigenvalue weighted by Gasteiger charge is -2.20. The van der Waals surface area contributed by atoms with E-state index in [1.807, 2.05) is 19.9 Å². The van der Waals surface area contributed by atoms with Gasteiger partial charge in [0.05, 0.1) is 12.0 Å². The first-order chi connectivity index (χ1) is 17.7. The van der Waals surface area contributed by atoms with Gasteiger partial charge >= 0.3 is 5.63 Å². The van der Waals surface area contributed by atoms with Crippen LogP contribution in [0.2, 0.25) is 5.02 Å². The molecule has 1 atom stereocenters. The second-order valence-corrected chi connectivity index (χ2v) is 10.2. The molecule has 2 aromatic carbocycles. The van der Waals surface area contributed by atoms with Crippen LogP contribution in [0.25, 0.3) is 21.9 Å². The molecule has 0 radical (unpaired) electrons. The number of carboxylic acid groups (broad SMARTS) is 1. The SMILES string of the molecule is Cc1c(CCC(=O)N[C@@H](Cc2ccc(Cl)cc2)C(=O)[O-])c(=O)oc2c(C)c3oc4c(c3cc12)CCCC4. The lowest BCUT2D eigenvalue weighted by molar-refractivity contribution is -0.308. The van der Waals surface area contributed by atoms with Gasteiger partial charge in [0.1, 0.15) is 16.9 Å². The van der Waals surface area contributed by atoms with Crippen molar-refractivity contribution in [2.45, 2.75) is 64.8 Å². The molecule has 0 saturated carbocycles. The second kappa shape index (κ2) is 10.1. The summed E-state index contributed by atoms with van der Waals surface area (Å²) in [6.07, 6.45) is 4.21. The summed E-state index contributed by atoms with van der Waals surface area (Å²) < 4.78 is 11.9. The van der Waals surface area contributed by atoms with Crippen LogP contribution in [0, 0.1) is 13.8 Å². The number of amides is 1. The highest BCUT2D eigenvalue weighted by Crippen LogP contribution is 2.38. The molecule has 0 aliphatic heterocycles. The van der Waals surface area contributed by atoms with E-state index in [-0.39, 0.29) is 19.3 Å². The molecule has 5 rings (SSSR count).